The molecule has 0 aliphatic heterocycles. The van der Waals surface area contributed by atoms with Crippen molar-refractivity contribution in [3.8, 4) is 17.2 Å². The van der Waals surface area contributed by atoms with Crippen LogP contribution in [0.3, 0.4) is 0 Å². The van der Waals surface area contributed by atoms with E-state index in [4.69, 9.17) is 5.73 Å². The van der Waals surface area contributed by atoms with E-state index in [2.05, 4.69) is 21.4 Å². The number of aromatic amines is 1. The number of anilines is 1. The molecule has 0 radical (unpaired) electrons. The van der Waals surface area contributed by atoms with E-state index in [9.17, 15) is 5.26 Å². The average molecular weight is 392 g/mol. The van der Waals surface area contributed by atoms with Crippen LogP contribution in [0.4, 0.5) is 10.2 Å². The third-order valence-corrected chi connectivity index (χ3v) is 6.71. The van der Waals surface area contributed by atoms with E-state index in [-0.39, 0.29) is 5.82 Å². The predicted octanol–water partition coefficient (Wildman–Crippen LogP) is 4.31. The quantitative estimate of drug-likeness (QED) is 0.539. The highest BCUT2D eigenvalue weighted by molar-refractivity contribution is 8.01. The molecule has 6 nitrogen and oxygen atoms in total. The number of pyridine rings is 1. The van der Waals surface area contributed by atoms with Gasteiger partial charge in [-0.05, 0) is 48.1 Å². The summed E-state index contributed by atoms with van der Waals surface area (Å²) in [5.74, 6) is 0.166. The molecule has 0 bridgehead atoms. The van der Waals surface area contributed by atoms with Crippen LogP contribution in [0, 0.1) is 17.1 Å². The standard InChI is InChI=1S/C20H17FN6S/c1-2-13-16(11-3-6-27-12(7-11)8-15(23)26-27)14-9-24-25-18(14)19(17(13)21)28-20(10-22)4-5-20/h3,6-9H,2,4-5H2,1H3,(H2,23,26)(H,24,25). The molecule has 3 aromatic heterocycles. The first kappa shape index (κ1) is 17.1. The molecule has 3 heterocycles. The van der Waals surface area contributed by atoms with E-state index in [1.807, 2.05) is 25.3 Å². The Balaban J connectivity index is 1.77. The molecule has 0 saturated heterocycles. The van der Waals surface area contributed by atoms with Gasteiger partial charge in [0.2, 0.25) is 0 Å². The summed E-state index contributed by atoms with van der Waals surface area (Å²) in [6, 6.07) is 7.98. The first-order chi connectivity index (χ1) is 13.5. The van der Waals surface area contributed by atoms with Crippen LogP contribution in [0.1, 0.15) is 25.3 Å². The number of nitrogens with zero attached hydrogens (tertiary/aromatic N) is 4. The number of nitriles is 1. The van der Waals surface area contributed by atoms with Gasteiger partial charge in [-0.1, -0.05) is 18.7 Å². The van der Waals surface area contributed by atoms with Gasteiger partial charge in [0.25, 0.3) is 0 Å². The Labute approximate surface area is 164 Å². The van der Waals surface area contributed by atoms with Crippen molar-refractivity contribution in [1.29, 1.82) is 5.26 Å². The number of halogens is 1. The highest BCUT2D eigenvalue weighted by Crippen LogP contribution is 2.54. The number of nitrogen functional groups attached to an aromatic ring is 1. The number of rotatable bonds is 4. The number of nitrogens with two attached hydrogens (primary N) is 1. The van der Waals surface area contributed by atoms with Crippen LogP contribution < -0.4 is 5.73 Å². The number of fused-ring (bicyclic) bond motifs is 2. The van der Waals surface area contributed by atoms with Crippen LogP contribution in [-0.4, -0.2) is 24.6 Å². The maximum atomic E-state index is 15.6. The molecule has 5 rings (SSSR count). The minimum absolute atomic E-state index is 0.270. The lowest BCUT2D eigenvalue weighted by atomic mass is 9.94. The number of nitrogens with one attached hydrogen (secondary N) is 1. The van der Waals surface area contributed by atoms with Gasteiger partial charge in [0, 0.05) is 17.6 Å². The van der Waals surface area contributed by atoms with Gasteiger partial charge >= 0.3 is 0 Å². The summed E-state index contributed by atoms with van der Waals surface area (Å²) in [6.07, 6.45) is 5.65. The molecule has 8 heteroatoms. The monoisotopic (exact) mass is 392 g/mol. The van der Waals surface area contributed by atoms with E-state index in [1.165, 1.54) is 11.8 Å². The summed E-state index contributed by atoms with van der Waals surface area (Å²) in [6.45, 7) is 1.94. The van der Waals surface area contributed by atoms with Crippen LogP contribution in [0.2, 0.25) is 0 Å². The van der Waals surface area contributed by atoms with Gasteiger partial charge in [-0.3, -0.25) is 5.10 Å². The zero-order valence-electron chi connectivity index (χ0n) is 15.2. The van der Waals surface area contributed by atoms with Crippen molar-refractivity contribution in [1.82, 2.24) is 19.8 Å². The Morgan fingerprint density at radius 3 is 2.96 bits per heavy atom. The summed E-state index contributed by atoms with van der Waals surface area (Å²) in [4.78, 5) is 0.488. The molecule has 0 unspecified atom stereocenters. The second kappa shape index (κ2) is 5.97. The van der Waals surface area contributed by atoms with Gasteiger partial charge in [0.1, 0.15) is 16.4 Å². The van der Waals surface area contributed by atoms with E-state index in [0.29, 0.717) is 28.2 Å². The van der Waals surface area contributed by atoms with Gasteiger partial charge in [0.15, 0.2) is 0 Å². The highest BCUT2D eigenvalue weighted by Gasteiger charge is 2.45. The van der Waals surface area contributed by atoms with Crippen molar-refractivity contribution in [3.63, 3.8) is 0 Å². The fraction of sp³-hybridized carbons (Fsp3) is 0.250. The molecule has 1 saturated carbocycles. The number of hydrogen-bond acceptors (Lipinski definition) is 5. The summed E-state index contributed by atoms with van der Waals surface area (Å²) in [5.41, 5.74) is 9.61. The Kier molecular flexibility index (Phi) is 3.64. The molecule has 0 atom stereocenters. The fourth-order valence-corrected chi connectivity index (χ4v) is 4.85. The number of benzene rings is 1. The van der Waals surface area contributed by atoms with Crippen LogP contribution in [0.15, 0.2) is 35.5 Å². The van der Waals surface area contributed by atoms with E-state index >= 15 is 4.39 Å². The van der Waals surface area contributed by atoms with Gasteiger partial charge in [-0.2, -0.15) is 15.5 Å². The molecule has 0 spiro atoms. The van der Waals surface area contributed by atoms with Crippen molar-refractivity contribution >= 4 is 34.0 Å². The van der Waals surface area contributed by atoms with E-state index < -0.39 is 4.75 Å². The molecule has 1 aliphatic carbocycles. The van der Waals surface area contributed by atoms with Crippen molar-refractivity contribution in [2.45, 2.75) is 35.8 Å². The van der Waals surface area contributed by atoms with Crippen LogP contribution >= 0.6 is 11.8 Å². The lowest BCUT2D eigenvalue weighted by molar-refractivity contribution is 0.590. The van der Waals surface area contributed by atoms with Crippen molar-refractivity contribution in [2.24, 2.45) is 0 Å². The second-order valence-electron chi connectivity index (χ2n) is 7.07. The number of H-pyrrole nitrogens is 1. The van der Waals surface area contributed by atoms with Crippen LogP contribution in [0.25, 0.3) is 27.5 Å². The Hall–Kier alpha value is -3.05. The summed E-state index contributed by atoms with van der Waals surface area (Å²) in [7, 11) is 0. The van der Waals surface area contributed by atoms with E-state index in [0.717, 1.165) is 34.9 Å². The smallest absolute Gasteiger partial charge is 0.146 e. The predicted molar refractivity (Wildman–Crippen MR) is 107 cm³/mol. The normalized spacial score (nSPS) is 15.2. The maximum absolute atomic E-state index is 15.6. The number of thioether (sulfide) groups is 1. The first-order valence-corrected chi connectivity index (χ1v) is 9.90. The summed E-state index contributed by atoms with van der Waals surface area (Å²) in [5, 5.41) is 21.6. The summed E-state index contributed by atoms with van der Waals surface area (Å²) >= 11 is 1.32. The van der Waals surface area contributed by atoms with Gasteiger partial charge in [-0.15, -0.1) is 0 Å². The Morgan fingerprint density at radius 2 is 2.25 bits per heavy atom. The molecule has 28 heavy (non-hydrogen) atoms. The lowest BCUT2D eigenvalue weighted by Gasteiger charge is -2.16. The third kappa shape index (κ3) is 2.47. The molecule has 1 aromatic carbocycles. The highest BCUT2D eigenvalue weighted by atomic mass is 32.2. The van der Waals surface area contributed by atoms with Gasteiger partial charge < -0.3 is 5.73 Å². The minimum Gasteiger partial charge on any atom is -0.382 e. The Bertz CT molecular complexity index is 1280. The van der Waals surface area contributed by atoms with Crippen molar-refractivity contribution < 1.29 is 4.39 Å². The molecule has 1 fully saturated rings. The second-order valence-corrected chi connectivity index (χ2v) is 8.46. The van der Waals surface area contributed by atoms with Crippen LogP contribution in [-0.2, 0) is 6.42 Å². The van der Waals surface area contributed by atoms with Crippen molar-refractivity contribution in [2.75, 3.05) is 5.73 Å². The molecule has 1 aliphatic rings. The van der Waals surface area contributed by atoms with Crippen LogP contribution in [0.5, 0.6) is 0 Å². The SMILES string of the molecule is CCc1c(F)c(SC2(C#N)CC2)c2[nH]ncc2c1-c1ccn2nc(N)cc2c1. The molecular formula is C20H17FN6S. The van der Waals surface area contributed by atoms with Gasteiger partial charge in [0.05, 0.1) is 28.2 Å². The molecular weight excluding hydrogens is 375 g/mol. The largest absolute Gasteiger partial charge is 0.382 e. The topological polar surface area (TPSA) is 95.8 Å². The summed E-state index contributed by atoms with van der Waals surface area (Å²) < 4.78 is 16.8. The maximum Gasteiger partial charge on any atom is 0.146 e. The average Bonchev–Trinajstić information content (AvgIpc) is 3.12. The molecule has 140 valence electrons. The third-order valence-electron chi connectivity index (χ3n) is 5.23. The lowest BCUT2D eigenvalue weighted by Crippen LogP contribution is -2.03. The molecule has 4 aromatic rings. The van der Waals surface area contributed by atoms with Crippen molar-refractivity contribution in [3.05, 3.63) is 42.0 Å². The number of aromatic nitrogens is 4. The fourth-order valence-electron chi connectivity index (χ4n) is 3.64. The van der Waals surface area contributed by atoms with Gasteiger partial charge in [-0.25, -0.2) is 8.91 Å². The zero-order valence-corrected chi connectivity index (χ0v) is 16.0. The number of hydrogen-bond donors (Lipinski definition) is 2. The first-order valence-electron chi connectivity index (χ1n) is 9.08. The minimum atomic E-state index is -0.514. The van der Waals surface area contributed by atoms with E-state index in [1.54, 1.807) is 16.8 Å². The zero-order chi connectivity index (χ0) is 19.5. The molecule has 3 N–H and O–H groups in total. The Morgan fingerprint density at radius 1 is 1.43 bits per heavy atom. The molecule has 0 amide bonds.